The van der Waals surface area contributed by atoms with Gasteiger partial charge in [-0.15, -0.1) is 23.1 Å². The monoisotopic (exact) mass is 400 g/mol. The number of aromatic nitrogens is 1. The van der Waals surface area contributed by atoms with E-state index in [0.29, 0.717) is 22.1 Å². The molecular formula is C20H20N2O3S2. The van der Waals surface area contributed by atoms with E-state index in [-0.39, 0.29) is 5.91 Å². The zero-order valence-electron chi connectivity index (χ0n) is 15.5. The molecule has 5 nitrogen and oxygen atoms in total. The summed E-state index contributed by atoms with van der Waals surface area (Å²) in [4.78, 5) is 19.0. The summed E-state index contributed by atoms with van der Waals surface area (Å²) in [7, 11) is 3.19. The Morgan fingerprint density at radius 2 is 1.89 bits per heavy atom. The Morgan fingerprint density at radius 3 is 2.59 bits per heavy atom. The molecule has 0 saturated carbocycles. The highest BCUT2D eigenvalue weighted by molar-refractivity contribution is 7.98. The predicted molar refractivity (Wildman–Crippen MR) is 112 cm³/mol. The van der Waals surface area contributed by atoms with Crippen LogP contribution in [0.25, 0.3) is 10.6 Å². The second kappa shape index (κ2) is 8.45. The van der Waals surface area contributed by atoms with Gasteiger partial charge in [-0.25, -0.2) is 4.98 Å². The number of methoxy groups -OCH3 is 2. The fourth-order valence-electron chi connectivity index (χ4n) is 2.59. The second-order valence-corrected chi connectivity index (χ2v) is 7.57. The van der Waals surface area contributed by atoms with Gasteiger partial charge in [-0.2, -0.15) is 0 Å². The number of thiazole rings is 1. The van der Waals surface area contributed by atoms with Gasteiger partial charge < -0.3 is 14.8 Å². The first-order valence-electron chi connectivity index (χ1n) is 8.21. The van der Waals surface area contributed by atoms with E-state index in [1.807, 2.05) is 55.6 Å². The van der Waals surface area contributed by atoms with Gasteiger partial charge in [-0.3, -0.25) is 4.79 Å². The smallest absolute Gasteiger partial charge is 0.267 e. The minimum atomic E-state index is -0.157. The van der Waals surface area contributed by atoms with Gasteiger partial charge in [0, 0.05) is 16.1 Å². The number of anilines is 1. The number of benzene rings is 2. The summed E-state index contributed by atoms with van der Waals surface area (Å²) < 4.78 is 10.6. The lowest BCUT2D eigenvalue weighted by molar-refractivity contribution is 0.103. The van der Waals surface area contributed by atoms with Gasteiger partial charge in [0.05, 0.1) is 19.9 Å². The van der Waals surface area contributed by atoms with Gasteiger partial charge in [0.1, 0.15) is 9.88 Å². The predicted octanol–water partition coefficient (Wildman–Crippen LogP) is 5.11. The molecule has 0 bridgehead atoms. The third-order valence-corrected chi connectivity index (χ3v) is 5.89. The van der Waals surface area contributed by atoms with Crippen molar-refractivity contribution < 1.29 is 14.3 Å². The first kappa shape index (κ1) is 19.3. The highest BCUT2D eigenvalue weighted by atomic mass is 32.2. The molecule has 3 rings (SSSR count). The molecule has 2 aromatic carbocycles. The first-order chi connectivity index (χ1) is 13.0. The fourth-order valence-corrected chi connectivity index (χ4v) is 4.01. The summed E-state index contributed by atoms with van der Waals surface area (Å²) in [5.74, 6) is 1.12. The molecule has 1 aromatic heterocycles. The normalized spacial score (nSPS) is 10.5. The van der Waals surface area contributed by atoms with Crippen LogP contribution in [-0.4, -0.2) is 31.4 Å². The Morgan fingerprint density at radius 1 is 1.11 bits per heavy atom. The molecule has 0 radical (unpaired) electrons. The summed E-state index contributed by atoms with van der Waals surface area (Å²) in [5, 5.41) is 3.71. The summed E-state index contributed by atoms with van der Waals surface area (Å²) in [6, 6.07) is 13.4. The van der Waals surface area contributed by atoms with E-state index in [9.17, 15) is 4.79 Å². The van der Waals surface area contributed by atoms with E-state index in [0.717, 1.165) is 21.2 Å². The van der Waals surface area contributed by atoms with Crippen LogP contribution in [0.1, 0.15) is 15.4 Å². The highest BCUT2D eigenvalue weighted by Crippen LogP contribution is 2.35. The van der Waals surface area contributed by atoms with Crippen LogP contribution in [0.15, 0.2) is 47.4 Å². The van der Waals surface area contributed by atoms with Crippen LogP contribution < -0.4 is 14.8 Å². The molecule has 140 valence electrons. The SMILES string of the molecule is COc1ccc(-c2nc(C)c(C(=O)Nc3cccc(SC)c3)s2)cc1OC. The fraction of sp³-hybridized carbons (Fsp3) is 0.200. The molecular weight excluding hydrogens is 380 g/mol. The zero-order chi connectivity index (χ0) is 19.4. The van der Waals surface area contributed by atoms with Gasteiger partial charge in [0.25, 0.3) is 5.91 Å². The number of thioether (sulfide) groups is 1. The Bertz CT molecular complexity index is 970. The maximum Gasteiger partial charge on any atom is 0.267 e. The Kier molecular flexibility index (Phi) is 6.03. The topological polar surface area (TPSA) is 60.5 Å². The summed E-state index contributed by atoms with van der Waals surface area (Å²) in [6.07, 6.45) is 2.00. The number of rotatable bonds is 6. The number of aryl methyl sites for hydroxylation is 1. The van der Waals surface area contributed by atoms with Gasteiger partial charge in [-0.05, 0) is 49.6 Å². The maximum absolute atomic E-state index is 12.7. The van der Waals surface area contributed by atoms with Crippen molar-refractivity contribution in [1.82, 2.24) is 4.98 Å². The van der Waals surface area contributed by atoms with E-state index in [1.54, 1.807) is 26.0 Å². The average molecular weight is 401 g/mol. The molecule has 0 saturated heterocycles. The minimum Gasteiger partial charge on any atom is -0.493 e. The van der Waals surface area contributed by atoms with Crippen LogP contribution in [0.4, 0.5) is 5.69 Å². The number of carbonyl (C=O) groups excluding carboxylic acids is 1. The number of hydrogen-bond donors (Lipinski definition) is 1. The molecule has 0 atom stereocenters. The molecule has 1 amide bonds. The van der Waals surface area contributed by atoms with Crippen molar-refractivity contribution in [2.75, 3.05) is 25.8 Å². The Hall–Kier alpha value is -2.51. The van der Waals surface area contributed by atoms with E-state index in [4.69, 9.17) is 9.47 Å². The van der Waals surface area contributed by atoms with Crippen LogP contribution in [0.5, 0.6) is 11.5 Å². The van der Waals surface area contributed by atoms with E-state index >= 15 is 0 Å². The molecule has 0 spiro atoms. The summed E-state index contributed by atoms with van der Waals surface area (Å²) in [5.41, 5.74) is 2.35. The molecule has 1 N–H and O–H groups in total. The Balaban J connectivity index is 1.86. The maximum atomic E-state index is 12.7. The van der Waals surface area contributed by atoms with Gasteiger partial charge in [-0.1, -0.05) is 6.07 Å². The van der Waals surface area contributed by atoms with Crippen LogP contribution in [-0.2, 0) is 0 Å². The standard InChI is InChI=1S/C20H20N2O3S2/c1-12-18(19(23)22-14-6-5-7-15(11-14)26-4)27-20(21-12)13-8-9-16(24-2)17(10-13)25-3/h5-11H,1-4H3,(H,22,23). The van der Waals surface area contributed by atoms with Gasteiger partial charge >= 0.3 is 0 Å². The molecule has 0 fully saturated rings. The zero-order valence-corrected chi connectivity index (χ0v) is 17.2. The van der Waals surface area contributed by atoms with Crippen molar-refractivity contribution in [2.24, 2.45) is 0 Å². The van der Waals surface area contributed by atoms with Crippen LogP contribution in [0, 0.1) is 6.92 Å². The molecule has 7 heteroatoms. The lowest BCUT2D eigenvalue weighted by atomic mass is 10.2. The third kappa shape index (κ3) is 4.26. The van der Waals surface area contributed by atoms with E-state index in [2.05, 4.69) is 10.3 Å². The number of carbonyl (C=O) groups is 1. The van der Waals surface area contributed by atoms with Crippen molar-refractivity contribution in [1.29, 1.82) is 0 Å². The summed E-state index contributed by atoms with van der Waals surface area (Å²) in [6.45, 7) is 1.84. The molecule has 0 unspecified atom stereocenters. The Labute approximate surface area is 166 Å². The molecule has 0 aliphatic heterocycles. The van der Waals surface area contributed by atoms with Crippen molar-refractivity contribution in [3.05, 3.63) is 53.0 Å². The quantitative estimate of drug-likeness (QED) is 0.583. The lowest BCUT2D eigenvalue weighted by Gasteiger charge is -2.08. The molecule has 27 heavy (non-hydrogen) atoms. The van der Waals surface area contributed by atoms with Gasteiger partial charge in [0.15, 0.2) is 11.5 Å². The average Bonchev–Trinajstić information content (AvgIpc) is 3.09. The van der Waals surface area contributed by atoms with Crippen LogP contribution in [0.3, 0.4) is 0 Å². The number of ether oxygens (including phenoxy) is 2. The second-order valence-electron chi connectivity index (χ2n) is 5.69. The van der Waals surface area contributed by atoms with E-state index < -0.39 is 0 Å². The third-order valence-electron chi connectivity index (χ3n) is 3.96. The molecule has 0 aliphatic carbocycles. The van der Waals surface area contributed by atoms with Crippen LogP contribution in [0.2, 0.25) is 0 Å². The highest BCUT2D eigenvalue weighted by Gasteiger charge is 2.17. The molecule has 1 heterocycles. The van der Waals surface area contributed by atoms with Crippen LogP contribution >= 0.6 is 23.1 Å². The number of amides is 1. The van der Waals surface area contributed by atoms with Crippen molar-refractivity contribution >= 4 is 34.7 Å². The number of hydrogen-bond acceptors (Lipinski definition) is 6. The minimum absolute atomic E-state index is 0.157. The molecule has 0 aliphatic rings. The lowest BCUT2D eigenvalue weighted by Crippen LogP contribution is -2.11. The number of nitrogens with zero attached hydrogens (tertiary/aromatic N) is 1. The van der Waals surface area contributed by atoms with E-state index in [1.165, 1.54) is 11.3 Å². The molecule has 3 aromatic rings. The summed E-state index contributed by atoms with van der Waals surface area (Å²) >= 11 is 2.99. The van der Waals surface area contributed by atoms with Crippen molar-refractivity contribution in [3.8, 4) is 22.1 Å². The van der Waals surface area contributed by atoms with Gasteiger partial charge in [0.2, 0.25) is 0 Å². The number of nitrogens with one attached hydrogen (secondary N) is 1. The van der Waals surface area contributed by atoms with Crippen molar-refractivity contribution in [3.63, 3.8) is 0 Å². The first-order valence-corrected chi connectivity index (χ1v) is 10.2. The largest absolute Gasteiger partial charge is 0.493 e. The van der Waals surface area contributed by atoms with Crippen molar-refractivity contribution in [2.45, 2.75) is 11.8 Å².